The molecule has 0 aromatic rings. The van der Waals surface area contributed by atoms with Crippen LogP contribution >= 0.6 is 0 Å². The third kappa shape index (κ3) is 29.5. The zero-order chi connectivity index (χ0) is 33.8. The molecule has 0 bridgehead atoms. The Morgan fingerprint density at radius 3 is 2.09 bits per heavy atom. The minimum atomic E-state index is -0.491. The van der Waals surface area contributed by atoms with Gasteiger partial charge in [-0.2, -0.15) is 0 Å². The maximum atomic E-state index is 12.2. The van der Waals surface area contributed by atoms with Crippen molar-refractivity contribution < 1.29 is 52.1 Å². The van der Waals surface area contributed by atoms with E-state index in [2.05, 4.69) is 24.4 Å². The monoisotopic (exact) mass is 643 g/mol. The van der Waals surface area contributed by atoms with Gasteiger partial charge in [-0.3, -0.25) is 19.2 Å². The van der Waals surface area contributed by atoms with Gasteiger partial charge in [0, 0.05) is 33.2 Å². The molecule has 0 spiro atoms. The fourth-order valence-corrected chi connectivity index (χ4v) is 4.28. The molecule has 1 atom stereocenters. The average molecular weight is 644 g/mol. The molecule has 0 saturated carbocycles. The van der Waals surface area contributed by atoms with Crippen LogP contribution in [-0.2, 0) is 47.7 Å². The predicted octanol–water partition coefficient (Wildman–Crippen LogP) is 4.38. The van der Waals surface area contributed by atoms with Gasteiger partial charge in [-0.15, -0.1) is 0 Å². The number of unbranched alkanes of at least 4 members (excludes halogenated alkanes) is 8. The maximum absolute atomic E-state index is 12.2. The SMILES string of the molecule is CCCCCCC(C/C=C\CCCCCCCC(=O)OCOC(=O)C[N+](C)(C)CCOC(C)=O)OC(=O)CNCCOC(C)=O. The van der Waals surface area contributed by atoms with Gasteiger partial charge in [0.05, 0.1) is 20.6 Å². The number of nitrogens with one attached hydrogen (secondary N) is 1. The lowest BCUT2D eigenvalue weighted by atomic mass is 10.1. The van der Waals surface area contributed by atoms with E-state index in [9.17, 15) is 24.0 Å². The molecule has 12 nitrogen and oxygen atoms in total. The van der Waals surface area contributed by atoms with E-state index in [1.165, 1.54) is 20.3 Å². The van der Waals surface area contributed by atoms with Crippen molar-refractivity contribution in [1.82, 2.24) is 5.32 Å². The summed E-state index contributed by atoms with van der Waals surface area (Å²) >= 11 is 0. The summed E-state index contributed by atoms with van der Waals surface area (Å²) in [5.41, 5.74) is 0. The number of nitrogens with zero attached hydrogens (tertiary/aromatic N) is 1. The van der Waals surface area contributed by atoms with Crippen LogP contribution < -0.4 is 5.32 Å². The van der Waals surface area contributed by atoms with E-state index in [-0.39, 0.29) is 61.2 Å². The highest BCUT2D eigenvalue weighted by Gasteiger charge is 2.22. The first kappa shape index (κ1) is 42.0. The normalized spacial score (nSPS) is 12.0. The Hall–Kier alpha value is -2.99. The summed E-state index contributed by atoms with van der Waals surface area (Å²) in [6.07, 6.45) is 16.1. The summed E-state index contributed by atoms with van der Waals surface area (Å²) in [7, 11) is 3.64. The van der Waals surface area contributed by atoms with Gasteiger partial charge >= 0.3 is 29.8 Å². The molecule has 1 N–H and O–H groups in total. The molecule has 0 radical (unpaired) electrons. The molecular weight excluding hydrogens is 584 g/mol. The van der Waals surface area contributed by atoms with Crippen molar-refractivity contribution in [2.75, 3.05) is 60.3 Å². The largest absolute Gasteiger partial charge is 0.465 e. The van der Waals surface area contributed by atoms with Crippen molar-refractivity contribution >= 4 is 29.8 Å². The van der Waals surface area contributed by atoms with Gasteiger partial charge in [-0.1, -0.05) is 57.6 Å². The molecule has 12 heteroatoms. The molecule has 0 fully saturated rings. The lowest BCUT2D eigenvalue weighted by molar-refractivity contribution is -0.883. The molecule has 0 saturated heterocycles. The Morgan fingerprint density at radius 1 is 0.733 bits per heavy atom. The summed E-state index contributed by atoms with van der Waals surface area (Å²) < 4.78 is 25.7. The Bertz CT molecular complexity index is 876. The third-order valence-electron chi connectivity index (χ3n) is 6.85. The van der Waals surface area contributed by atoms with E-state index in [1.807, 2.05) is 14.1 Å². The first-order chi connectivity index (χ1) is 21.4. The number of allylic oxidation sites excluding steroid dienone is 1. The quantitative estimate of drug-likeness (QED) is 0.0324. The number of carbonyl (C=O) groups is 5. The lowest BCUT2D eigenvalue weighted by Gasteiger charge is -2.28. The molecule has 260 valence electrons. The van der Waals surface area contributed by atoms with Crippen LogP contribution in [0.15, 0.2) is 12.2 Å². The molecule has 0 amide bonds. The molecular formula is C33H59N2O10+. The molecule has 0 aliphatic carbocycles. The highest BCUT2D eigenvalue weighted by atomic mass is 16.7. The van der Waals surface area contributed by atoms with Gasteiger partial charge in [0.2, 0.25) is 6.79 Å². The first-order valence-corrected chi connectivity index (χ1v) is 16.4. The summed E-state index contributed by atoms with van der Waals surface area (Å²) in [6.45, 7) is 5.89. The van der Waals surface area contributed by atoms with Gasteiger partial charge in [-0.25, -0.2) is 4.79 Å². The predicted molar refractivity (Wildman–Crippen MR) is 170 cm³/mol. The van der Waals surface area contributed by atoms with Crippen molar-refractivity contribution in [1.29, 1.82) is 0 Å². The second kappa shape index (κ2) is 27.3. The summed E-state index contributed by atoms with van der Waals surface area (Å²) in [6, 6.07) is 0. The second-order valence-electron chi connectivity index (χ2n) is 11.8. The van der Waals surface area contributed by atoms with E-state index in [4.69, 9.17) is 23.7 Å². The fourth-order valence-electron chi connectivity index (χ4n) is 4.28. The number of hydrogen-bond donors (Lipinski definition) is 1. The van der Waals surface area contributed by atoms with Crippen LogP contribution in [0.3, 0.4) is 0 Å². The fraction of sp³-hybridized carbons (Fsp3) is 0.788. The number of esters is 5. The Kier molecular flexibility index (Phi) is 25.5. The number of quaternary nitrogens is 1. The Morgan fingerprint density at radius 2 is 1.38 bits per heavy atom. The van der Waals surface area contributed by atoms with Crippen LogP contribution in [0.2, 0.25) is 0 Å². The minimum absolute atomic E-state index is 0.0695. The summed E-state index contributed by atoms with van der Waals surface area (Å²) in [4.78, 5) is 57.8. The summed E-state index contributed by atoms with van der Waals surface area (Å²) in [5.74, 6) is -1.90. The van der Waals surface area contributed by atoms with Gasteiger partial charge in [0.25, 0.3) is 0 Å². The number of likely N-dealkylation sites (N-methyl/N-ethyl adjacent to an activating group) is 1. The molecule has 0 heterocycles. The van der Waals surface area contributed by atoms with E-state index in [0.29, 0.717) is 25.9 Å². The van der Waals surface area contributed by atoms with Gasteiger partial charge in [0.1, 0.15) is 25.9 Å². The van der Waals surface area contributed by atoms with Gasteiger partial charge in [0.15, 0.2) is 6.54 Å². The smallest absolute Gasteiger partial charge is 0.364 e. The molecule has 0 aromatic carbocycles. The minimum Gasteiger partial charge on any atom is -0.465 e. The molecule has 45 heavy (non-hydrogen) atoms. The Balaban J connectivity index is 4.02. The standard InChI is InChI=1S/C33H59N2O10/c1-6-7-8-15-18-30(45-32(39)25-34-21-23-41-28(2)36)19-16-13-11-9-10-12-14-17-20-31(38)43-27-44-33(40)26-35(4,5)22-24-42-29(3)37/h13,16,30,34H,6-12,14-15,17-27H2,1-5H3/q+1/b16-13-. The molecule has 0 aromatic heterocycles. The van der Waals surface area contributed by atoms with Crippen LogP contribution in [0.5, 0.6) is 0 Å². The zero-order valence-corrected chi connectivity index (χ0v) is 28.4. The second-order valence-corrected chi connectivity index (χ2v) is 11.8. The highest BCUT2D eigenvalue weighted by Crippen LogP contribution is 2.14. The first-order valence-electron chi connectivity index (χ1n) is 16.4. The van der Waals surface area contributed by atoms with Crippen molar-refractivity contribution in [3.8, 4) is 0 Å². The van der Waals surface area contributed by atoms with E-state index in [0.717, 1.165) is 57.8 Å². The lowest BCUT2D eigenvalue weighted by Crippen LogP contribution is -2.46. The molecule has 0 aliphatic rings. The zero-order valence-electron chi connectivity index (χ0n) is 28.4. The molecule has 1 unspecified atom stereocenters. The topological polar surface area (TPSA) is 144 Å². The van der Waals surface area contributed by atoms with Crippen molar-refractivity contribution in [3.63, 3.8) is 0 Å². The molecule has 0 rings (SSSR count). The van der Waals surface area contributed by atoms with Crippen molar-refractivity contribution in [2.45, 2.75) is 110 Å². The third-order valence-corrected chi connectivity index (χ3v) is 6.85. The van der Waals surface area contributed by atoms with Crippen LogP contribution in [0.25, 0.3) is 0 Å². The number of hydrogen-bond acceptors (Lipinski definition) is 11. The van der Waals surface area contributed by atoms with E-state index < -0.39 is 18.7 Å². The van der Waals surface area contributed by atoms with Crippen LogP contribution in [-0.4, -0.2) is 101 Å². The van der Waals surface area contributed by atoms with Crippen LogP contribution in [0, 0.1) is 0 Å². The number of ether oxygens (including phenoxy) is 5. The molecule has 0 aliphatic heterocycles. The number of rotatable bonds is 28. The van der Waals surface area contributed by atoms with Gasteiger partial charge < -0.3 is 33.5 Å². The van der Waals surface area contributed by atoms with Crippen molar-refractivity contribution in [3.05, 3.63) is 12.2 Å². The van der Waals surface area contributed by atoms with Crippen LogP contribution in [0.4, 0.5) is 0 Å². The van der Waals surface area contributed by atoms with E-state index in [1.54, 1.807) is 0 Å². The average Bonchev–Trinajstić information content (AvgIpc) is 2.95. The maximum Gasteiger partial charge on any atom is 0.364 e. The van der Waals surface area contributed by atoms with Gasteiger partial charge in [-0.05, 0) is 32.1 Å². The van der Waals surface area contributed by atoms with E-state index >= 15 is 0 Å². The van der Waals surface area contributed by atoms with Crippen molar-refractivity contribution in [2.24, 2.45) is 0 Å². The highest BCUT2D eigenvalue weighted by molar-refractivity contribution is 5.72. The number of carbonyl (C=O) groups excluding carboxylic acids is 5. The Labute approximate surface area is 270 Å². The van der Waals surface area contributed by atoms with Crippen LogP contribution in [0.1, 0.15) is 104 Å². The summed E-state index contributed by atoms with van der Waals surface area (Å²) in [5, 5.41) is 2.94.